The third-order valence-electron chi connectivity index (χ3n) is 3.80. The van der Waals surface area contributed by atoms with Gasteiger partial charge in [0.2, 0.25) is 0 Å². The number of carboxylic acid groups (broad SMARTS) is 1. The highest BCUT2D eigenvalue weighted by molar-refractivity contribution is 5.73. The first-order valence-corrected chi connectivity index (χ1v) is 6.91. The van der Waals surface area contributed by atoms with Gasteiger partial charge in [-0.05, 0) is 18.9 Å². The average Bonchev–Trinajstić information content (AvgIpc) is 3.01. The maximum atomic E-state index is 10.6. The number of aromatic nitrogens is 2. The third kappa shape index (κ3) is 4.62. The van der Waals surface area contributed by atoms with Crippen molar-refractivity contribution in [2.24, 2.45) is 17.7 Å². The Hall–Kier alpha value is -1.72. The van der Waals surface area contributed by atoms with E-state index in [2.05, 4.69) is 35.0 Å². The molecule has 1 aromatic rings. The van der Waals surface area contributed by atoms with Gasteiger partial charge in [-0.2, -0.15) is 13.2 Å². The summed E-state index contributed by atoms with van der Waals surface area (Å²) in [6.45, 7) is 6.21. The summed E-state index contributed by atoms with van der Waals surface area (Å²) in [5.74, 6) is 4.60. The number of carboxylic acids is 1. The lowest BCUT2D eigenvalue weighted by Gasteiger charge is -2.43. The molecular formula is C12H20F3N5O3. The van der Waals surface area contributed by atoms with E-state index in [4.69, 9.17) is 20.3 Å². The molecule has 5 N–H and O–H groups in total. The van der Waals surface area contributed by atoms with Gasteiger partial charge in [-0.15, -0.1) is 5.10 Å². The summed E-state index contributed by atoms with van der Waals surface area (Å²) in [6, 6.07) is 0. The van der Waals surface area contributed by atoms with Gasteiger partial charge in [0.25, 0.3) is 0 Å². The van der Waals surface area contributed by atoms with E-state index < -0.39 is 12.1 Å². The summed E-state index contributed by atoms with van der Waals surface area (Å²) in [4.78, 5) is 8.90. The summed E-state index contributed by atoms with van der Waals surface area (Å²) in [5, 5.41) is 17.8. The molecule has 2 rings (SSSR count). The Morgan fingerprint density at radius 2 is 2.22 bits per heavy atom. The van der Waals surface area contributed by atoms with Crippen LogP contribution in [0.2, 0.25) is 0 Å². The van der Waals surface area contributed by atoms with E-state index in [1.165, 1.54) is 0 Å². The molecule has 2 heterocycles. The number of nitrogens with two attached hydrogens (primary N) is 1. The fraction of sp³-hybridized carbons (Fsp3) is 0.750. The van der Waals surface area contributed by atoms with Crippen LogP contribution >= 0.6 is 0 Å². The minimum Gasteiger partial charge on any atom is -0.475 e. The van der Waals surface area contributed by atoms with Crippen molar-refractivity contribution in [1.29, 1.82) is 0 Å². The van der Waals surface area contributed by atoms with Gasteiger partial charge in [-0.3, -0.25) is 5.84 Å². The van der Waals surface area contributed by atoms with Crippen molar-refractivity contribution < 1.29 is 27.6 Å². The van der Waals surface area contributed by atoms with Crippen LogP contribution in [0.4, 0.5) is 13.2 Å². The first-order valence-electron chi connectivity index (χ1n) is 6.91. The molecule has 1 aromatic heterocycles. The van der Waals surface area contributed by atoms with Gasteiger partial charge in [0, 0.05) is 17.7 Å². The van der Waals surface area contributed by atoms with E-state index >= 15 is 0 Å². The van der Waals surface area contributed by atoms with Crippen molar-refractivity contribution in [2.45, 2.75) is 32.0 Å². The number of aliphatic carboxylic acids is 1. The van der Waals surface area contributed by atoms with Crippen molar-refractivity contribution >= 4 is 5.97 Å². The number of carbonyl (C=O) groups is 1. The summed E-state index contributed by atoms with van der Waals surface area (Å²) >= 11 is 0. The van der Waals surface area contributed by atoms with Crippen LogP contribution in [0.25, 0.3) is 0 Å². The van der Waals surface area contributed by atoms with Crippen molar-refractivity contribution in [1.82, 2.24) is 21.1 Å². The number of alkyl halides is 3. The predicted molar refractivity (Wildman–Crippen MR) is 72.8 cm³/mol. The Balaban J connectivity index is 0.000000322. The van der Waals surface area contributed by atoms with E-state index in [1.54, 1.807) is 6.20 Å². The zero-order valence-electron chi connectivity index (χ0n) is 12.7. The molecule has 2 atom stereocenters. The molecule has 132 valence electrons. The maximum Gasteiger partial charge on any atom is 0.490 e. The molecule has 1 aliphatic heterocycles. The van der Waals surface area contributed by atoms with Gasteiger partial charge in [-0.1, -0.05) is 13.8 Å². The van der Waals surface area contributed by atoms with Gasteiger partial charge in [0.1, 0.15) is 0 Å². The molecule has 23 heavy (non-hydrogen) atoms. The monoisotopic (exact) mass is 339 g/mol. The van der Waals surface area contributed by atoms with Crippen molar-refractivity contribution in [3.05, 3.63) is 12.0 Å². The Morgan fingerprint density at radius 3 is 2.61 bits per heavy atom. The Labute approximate surface area is 130 Å². The largest absolute Gasteiger partial charge is 0.490 e. The van der Waals surface area contributed by atoms with Crippen LogP contribution in [-0.4, -0.2) is 40.7 Å². The Morgan fingerprint density at radius 1 is 1.61 bits per heavy atom. The highest BCUT2D eigenvalue weighted by Crippen LogP contribution is 2.38. The summed E-state index contributed by atoms with van der Waals surface area (Å²) < 4.78 is 37.0. The highest BCUT2D eigenvalue weighted by Gasteiger charge is 2.46. The van der Waals surface area contributed by atoms with Gasteiger partial charge in [-0.25, -0.2) is 10.2 Å². The molecule has 1 fully saturated rings. The SMILES string of the molecule is CC(C)C1CNCCC1(NN)c1cnno1.O=C(O)C(F)(F)F. The number of hydrazine groups is 1. The number of hydrogen-bond donors (Lipinski definition) is 4. The summed E-state index contributed by atoms with van der Waals surface area (Å²) in [6.07, 6.45) is -2.55. The lowest BCUT2D eigenvalue weighted by molar-refractivity contribution is -0.192. The third-order valence-corrected chi connectivity index (χ3v) is 3.80. The van der Waals surface area contributed by atoms with Crippen LogP contribution in [0.3, 0.4) is 0 Å². The fourth-order valence-electron chi connectivity index (χ4n) is 2.63. The molecule has 2 unspecified atom stereocenters. The molecule has 1 saturated heterocycles. The molecule has 8 nitrogen and oxygen atoms in total. The fourth-order valence-corrected chi connectivity index (χ4v) is 2.63. The molecule has 0 saturated carbocycles. The molecule has 0 spiro atoms. The van der Waals surface area contributed by atoms with E-state index in [-0.39, 0.29) is 5.54 Å². The van der Waals surface area contributed by atoms with Crippen LogP contribution in [0.5, 0.6) is 0 Å². The zero-order chi connectivity index (χ0) is 17.7. The van der Waals surface area contributed by atoms with Crippen LogP contribution in [-0.2, 0) is 10.3 Å². The van der Waals surface area contributed by atoms with Crippen LogP contribution in [0.1, 0.15) is 26.0 Å². The van der Waals surface area contributed by atoms with Gasteiger partial charge in [0.05, 0.1) is 11.7 Å². The number of nitrogens with one attached hydrogen (secondary N) is 2. The highest BCUT2D eigenvalue weighted by atomic mass is 19.4. The van der Waals surface area contributed by atoms with Crippen molar-refractivity contribution in [2.75, 3.05) is 13.1 Å². The van der Waals surface area contributed by atoms with Crippen molar-refractivity contribution in [3.8, 4) is 0 Å². The number of nitrogens with zero attached hydrogens (tertiary/aromatic N) is 2. The Bertz CT molecular complexity index is 495. The summed E-state index contributed by atoms with van der Waals surface area (Å²) in [5.41, 5.74) is 2.59. The second-order valence-corrected chi connectivity index (χ2v) is 5.50. The predicted octanol–water partition coefficient (Wildman–Crippen LogP) is 0.627. The molecule has 0 bridgehead atoms. The quantitative estimate of drug-likeness (QED) is 0.466. The normalized spacial score (nSPS) is 24.9. The Kier molecular flexibility index (Phi) is 6.47. The number of piperidine rings is 1. The topological polar surface area (TPSA) is 126 Å². The molecule has 11 heteroatoms. The number of halogens is 3. The van der Waals surface area contributed by atoms with Gasteiger partial charge in [0.15, 0.2) is 5.76 Å². The maximum absolute atomic E-state index is 10.6. The van der Waals surface area contributed by atoms with Crippen LogP contribution in [0.15, 0.2) is 10.7 Å². The molecule has 0 radical (unpaired) electrons. The summed E-state index contributed by atoms with van der Waals surface area (Å²) in [7, 11) is 0. The van der Waals surface area contributed by atoms with Crippen LogP contribution < -0.4 is 16.6 Å². The minimum atomic E-state index is -5.08. The lowest BCUT2D eigenvalue weighted by atomic mass is 9.72. The second-order valence-electron chi connectivity index (χ2n) is 5.50. The van der Waals surface area contributed by atoms with Crippen molar-refractivity contribution in [3.63, 3.8) is 0 Å². The van der Waals surface area contributed by atoms with E-state index in [9.17, 15) is 13.2 Å². The first kappa shape index (κ1) is 19.3. The molecule has 1 aliphatic rings. The number of hydrogen-bond acceptors (Lipinski definition) is 7. The zero-order valence-corrected chi connectivity index (χ0v) is 12.7. The number of rotatable bonds is 3. The van der Waals surface area contributed by atoms with E-state index in [0.717, 1.165) is 25.3 Å². The molecule has 0 aromatic carbocycles. The van der Waals surface area contributed by atoms with Gasteiger partial charge < -0.3 is 14.9 Å². The lowest BCUT2D eigenvalue weighted by Crippen LogP contribution is -2.60. The van der Waals surface area contributed by atoms with E-state index in [1.807, 2.05) is 0 Å². The first-order chi connectivity index (χ1) is 10.6. The minimum absolute atomic E-state index is 0.344. The molecular weight excluding hydrogens is 319 g/mol. The smallest absolute Gasteiger partial charge is 0.475 e. The molecule has 0 amide bonds. The average molecular weight is 339 g/mol. The van der Waals surface area contributed by atoms with Crippen LogP contribution in [0, 0.1) is 11.8 Å². The van der Waals surface area contributed by atoms with E-state index in [0.29, 0.717) is 11.8 Å². The van der Waals surface area contributed by atoms with Gasteiger partial charge >= 0.3 is 12.1 Å². The molecule has 0 aliphatic carbocycles. The standard InChI is InChI=1S/C10H19N5O.C2HF3O2/c1-7(2)8-5-12-4-3-10(8,14-11)9-6-13-15-16-9;3-2(4,5)1(6)7/h6-8,12,14H,3-5,11H2,1-2H3;(H,6,7). The second kappa shape index (κ2) is 7.70.